The highest BCUT2D eigenvalue weighted by Gasteiger charge is 2.37. The Hall–Kier alpha value is -1.36. The third-order valence-electron chi connectivity index (χ3n) is 4.30. The number of urea groups is 1. The van der Waals surface area contributed by atoms with Crippen LogP contribution in [0, 0.1) is 11.7 Å². The number of amides is 2. The first-order valence-corrected chi connectivity index (χ1v) is 7.41. The van der Waals surface area contributed by atoms with Gasteiger partial charge >= 0.3 is 6.03 Å². The molecule has 1 aliphatic carbocycles. The fourth-order valence-corrected chi connectivity index (χ4v) is 3.49. The van der Waals surface area contributed by atoms with Gasteiger partial charge in [0.15, 0.2) is 11.0 Å². The van der Waals surface area contributed by atoms with Crippen LogP contribution < -0.4 is 5.32 Å². The van der Waals surface area contributed by atoms with Crippen molar-refractivity contribution in [3.63, 3.8) is 0 Å². The van der Waals surface area contributed by atoms with Crippen molar-refractivity contribution in [2.24, 2.45) is 5.92 Å². The van der Waals surface area contributed by atoms with Crippen LogP contribution in [0.3, 0.4) is 0 Å². The number of pyridine rings is 1. The number of fused-ring (bicyclic) bond motifs is 1. The van der Waals surface area contributed by atoms with E-state index in [0.717, 1.165) is 19.4 Å². The van der Waals surface area contributed by atoms with Crippen LogP contribution >= 0.6 is 11.6 Å². The first-order chi connectivity index (χ1) is 9.65. The van der Waals surface area contributed by atoms with E-state index in [1.165, 1.54) is 31.5 Å². The van der Waals surface area contributed by atoms with Gasteiger partial charge in [0.25, 0.3) is 0 Å². The van der Waals surface area contributed by atoms with Crippen LogP contribution in [0.15, 0.2) is 12.3 Å². The summed E-state index contributed by atoms with van der Waals surface area (Å²) in [7, 11) is 0. The highest BCUT2D eigenvalue weighted by Crippen LogP contribution is 2.36. The maximum Gasteiger partial charge on any atom is 0.322 e. The third kappa shape index (κ3) is 2.59. The number of carbonyl (C=O) groups is 1. The van der Waals surface area contributed by atoms with E-state index in [4.69, 9.17) is 11.6 Å². The summed E-state index contributed by atoms with van der Waals surface area (Å²) >= 11 is 5.53. The minimum atomic E-state index is -0.623. The fourth-order valence-electron chi connectivity index (χ4n) is 3.39. The number of aromatic nitrogens is 1. The largest absolute Gasteiger partial charge is 0.322 e. The minimum Gasteiger partial charge on any atom is -0.321 e. The molecule has 20 heavy (non-hydrogen) atoms. The van der Waals surface area contributed by atoms with Crippen LogP contribution in [0.2, 0.25) is 5.15 Å². The molecular weight excluding hydrogens is 281 g/mol. The van der Waals surface area contributed by atoms with Crippen molar-refractivity contribution < 1.29 is 9.18 Å². The average Bonchev–Trinajstić information content (AvgIpc) is 2.91. The predicted molar refractivity (Wildman–Crippen MR) is 75.3 cm³/mol. The van der Waals surface area contributed by atoms with Gasteiger partial charge in [-0.05, 0) is 31.6 Å². The summed E-state index contributed by atoms with van der Waals surface area (Å²) in [5.74, 6) is 0.0106. The van der Waals surface area contributed by atoms with E-state index in [2.05, 4.69) is 10.3 Å². The van der Waals surface area contributed by atoms with Crippen molar-refractivity contribution in [1.29, 1.82) is 0 Å². The van der Waals surface area contributed by atoms with Crippen LogP contribution in [0.25, 0.3) is 0 Å². The average molecular weight is 298 g/mol. The molecule has 1 saturated heterocycles. The summed E-state index contributed by atoms with van der Waals surface area (Å²) in [6.45, 7) is 0.774. The Morgan fingerprint density at radius 1 is 1.40 bits per heavy atom. The van der Waals surface area contributed by atoms with E-state index < -0.39 is 5.82 Å². The Bertz CT molecular complexity index is 525. The molecule has 0 radical (unpaired) electrons. The lowest BCUT2D eigenvalue weighted by atomic mass is 9.92. The lowest BCUT2D eigenvalue weighted by Crippen LogP contribution is -2.48. The van der Waals surface area contributed by atoms with Gasteiger partial charge in [-0.15, -0.1) is 0 Å². The number of likely N-dealkylation sites (tertiary alicyclic amines) is 1. The Morgan fingerprint density at radius 2 is 2.20 bits per heavy atom. The summed E-state index contributed by atoms with van der Waals surface area (Å²) in [6, 6.07) is 1.38. The second-order valence-corrected chi connectivity index (χ2v) is 5.88. The maximum absolute atomic E-state index is 13.3. The van der Waals surface area contributed by atoms with E-state index in [0.29, 0.717) is 17.6 Å². The smallest absolute Gasteiger partial charge is 0.321 e. The molecule has 1 aromatic heterocycles. The second-order valence-electron chi connectivity index (χ2n) is 5.52. The number of nitrogens with zero attached hydrogens (tertiary/aromatic N) is 2. The van der Waals surface area contributed by atoms with Crippen LogP contribution in [-0.2, 0) is 0 Å². The standard InChI is InChI=1S/C14H17ClFN3O/c15-13-11(16)7-10(8-17-13)18-14(20)19-6-2-4-9-3-1-5-12(9)19/h7-9,12H,1-6H2,(H,18,20). The molecule has 1 aliphatic heterocycles. The lowest BCUT2D eigenvalue weighted by Gasteiger charge is -2.37. The lowest BCUT2D eigenvalue weighted by molar-refractivity contribution is 0.138. The Balaban J connectivity index is 1.70. The molecule has 2 heterocycles. The zero-order valence-corrected chi connectivity index (χ0v) is 11.9. The molecule has 2 unspecified atom stereocenters. The Kier molecular flexibility index (Phi) is 3.78. The topological polar surface area (TPSA) is 45.2 Å². The molecule has 0 spiro atoms. The Morgan fingerprint density at radius 3 is 3.00 bits per heavy atom. The quantitative estimate of drug-likeness (QED) is 0.804. The number of hydrogen-bond donors (Lipinski definition) is 1. The zero-order chi connectivity index (χ0) is 14.1. The van der Waals surface area contributed by atoms with Gasteiger partial charge in [-0.2, -0.15) is 0 Å². The number of halogens is 2. The number of anilines is 1. The molecular formula is C14H17ClFN3O. The maximum atomic E-state index is 13.3. The highest BCUT2D eigenvalue weighted by molar-refractivity contribution is 6.29. The minimum absolute atomic E-state index is 0.162. The van der Waals surface area contributed by atoms with Crippen molar-refractivity contribution in [2.45, 2.75) is 38.1 Å². The summed E-state index contributed by atoms with van der Waals surface area (Å²) in [5.41, 5.74) is 0.344. The normalized spacial score (nSPS) is 25.4. The second kappa shape index (κ2) is 5.56. The Labute approximate surface area is 122 Å². The molecule has 2 amide bonds. The third-order valence-corrected chi connectivity index (χ3v) is 4.58. The van der Waals surface area contributed by atoms with Crippen molar-refractivity contribution in [3.05, 3.63) is 23.2 Å². The first kappa shape index (κ1) is 13.6. The van der Waals surface area contributed by atoms with Crippen LogP contribution in [0.1, 0.15) is 32.1 Å². The number of hydrogen-bond acceptors (Lipinski definition) is 2. The van der Waals surface area contributed by atoms with E-state index in [1.54, 1.807) is 0 Å². The van der Waals surface area contributed by atoms with E-state index in [1.807, 2.05) is 4.90 Å². The molecule has 2 atom stereocenters. The molecule has 3 rings (SSSR count). The van der Waals surface area contributed by atoms with Crippen LogP contribution in [-0.4, -0.2) is 28.5 Å². The molecule has 0 aromatic carbocycles. The highest BCUT2D eigenvalue weighted by atomic mass is 35.5. The van der Waals surface area contributed by atoms with Gasteiger partial charge in [-0.1, -0.05) is 18.0 Å². The number of rotatable bonds is 1. The van der Waals surface area contributed by atoms with Crippen molar-refractivity contribution in [2.75, 3.05) is 11.9 Å². The summed E-state index contributed by atoms with van der Waals surface area (Å²) in [6.07, 6.45) is 7.11. The summed E-state index contributed by atoms with van der Waals surface area (Å²) in [5, 5.41) is 2.53. The fraction of sp³-hybridized carbons (Fsp3) is 0.571. The molecule has 2 fully saturated rings. The molecule has 6 heteroatoms. The molecule has 108 valence electrons. The zero-order valence-electron chi connectivity index (χ0n) is 11.1. The van der Waals surface area contributed by atoms with Gasteiger partial charge in [-0.25, -0.2) is 14.2 Å². The van der Waals surface area contributed by atoms with Crippen molar-refractivity contribution >= 4 is 23.3 Å². The molecule has 2 aliphatic rings. The first-order valence-electron chi connectivity index (χ1n) is 7.04. The molecule has 0 bridgehead atoms. The van der Waals surface area contributed by atoms with Crippen molar-refractivity contribution in [3.8, 4) is 0 Å². The van der Waals surface area contributed by atoms with Crippen molar-refractivity contribution in [1.82, 2.24) is 9.88 Å². The van der Waals surface area contributed by atoms with E-state index >= 15 is 0 Å². The number of carbonyl (C=O) groups excluding carboxylic acids is 1. The number of piperidine rings is 1. The molecule has 1 saturated carbocycles. The summed E-state index contributed by atoms with van der Waals surface area (Å²) < 4.78 is 13.3. The van der Waals surface area contributed by atoms with E-state index in [9.17, 15) is 9.18 Å². The van der Waals surface area contributed by atoms with Gasteiger partial charge in [0.1, 0.15) is 0 Å². The van der Waals surface area contributed by atoms with Gasteiger partial charge in [-0.3, -0.25) is 0 Å². The SMILES string of the molecule is O=C(Nc1cnc(Cl)c(F)c1)N1CCCC2CCCC21. The van der Waals surface area contributed by atoms with Gasteiger partial charge in [0, 0.05) is 18.7 Å². The molecule has 1 aromatic rings. The van der Waals surface area contributed by atoms with Crippen LogP contribution in [0.4, 0.5) is 14.9 Å². The predicted octanol–water partition coefficient (Wildman–Crippen LogP) is 3.67. The van der Waals surface area contributed by atoms with E-state index in [-0.39, 0.29) is 11.2 Å². The van der Waals surface area contributed by atoms with Gasteiger partial charge in [0.05, 0.1) is 11.9 Å². The summed E-state index contributed by atoms with van der Waals surface area (Å²) in [4.78, 5) is 17.9. The molecule has 1 N–H and O–H groups in total. The number of nitrogens with one attached hydrogen (secondary N) is 1. The molecule has 4 nitrogen and oxygen atoms in total. The van der Waals surface area contributed by atoms with Gasteiger partial charge in [0.2, 0.25) is 0 Å². The van der Waals surface area contributed by atoms with Crippen LogP contribution in [0.5, 0.6) is 0 Å². The van der Waals surface area contributed by atoms with Gasteiger partial charge < -0.3 is 10.2 Å². The monoisotopic (exact) mass is 297 g/mol.